The molecule has 0 aliphatic heterocycles. The lowest BCUT2D eigenvalue weighted by Crippen LogP contribution is -2.45. The van der Waals surface area contributed by atoms with Crippen molar-refractivity contribution < 1.29 is 24.5 Å². The fourth-order valence-electron chi connectivity index (χ4n) is 13.1. The molecule has 2 unspecified atom stereocenters. The minimum absolute atomic E-state index is 0.0205. The molecule has 0 fully saturated rings. The highest BCUT2D eigenvalue weighted by atomic mass is 16.5. The maximum atomic E-state index is 12.5. The molecule has 0 bridgehead atoms. The van der Waals surface area contributed by atoms with Crippen molar-refractivity contribution in [3.8, 4) is 0 Å². The summed E-state index contributed by atoms with van der Waals surface area (Å²) < 4.78 is 5.52. The van der Waals surface area contributed by atoms with Gasteiger partial charge in [-0.3, -0.25) is 9.59 Å². The summed E-state index contributed by atoms with van der Waals surface area (Å²) in [6, 6.07) is -0.536. The number of hydrogen-bond donors (Lipinski definition) is 3. The molecule has 0 rings (SSSR count). The third kappa shape index (κ3) is 73.4. The lowest BCUT2D eigenvalue weighted by atomic mass is 10.0. The van der Waals surface area contributed by atoms with Crippen LogP contribution in [0.1, 0.15) is 463 Å². The van der Waals surface area contributed by atoms with Crippen LogP contribution in [0.25, 0.3) is 0 Å². The van der Waals surface area contributed by atoms with Gasteiger partial charge in [0.25, 0.3) is 0 Å². The number of aliphatic hydroxyl groups excluding tert-OH is 2. The zero-order valence-electron chi connectivity index (χ0n) is 60.0. The van der Waals surface area contributed by atoms with E-state index in [-0.39, 0.29) is 18.5 Å². The van der Waals surface area contributed by atoms with Gasteiger partial charge in [0.2, 0.25) is 5.91 Å². The van der Waals surface area contributed by atoms with Gasteiger partial charge >= 0.3 is 5.97 Å². The van der Waals surface area contributed by atoms with E-state index < -0.39 is 12.1 Å². The predicted molar refractivity (Wildman–Crippen MR) is 389 cm³/mol. The highest BCUT2D eigenvalue weighted by molar-refractivity contribution is 5.76. The number of hydrogen-bond acceptors (Lipinski definition) is 5. The molecule has 0 aliphatic carbocycles. The highest BCUT2D eigenvalue weighted by Crippen LogP contribution is 2.20. The molecule has 0 aromatic heterocycles. The molecule has 0 saturated carbocycles. The quantitative estimate of drug-likeness (QED) is 0.0320. The fourth-order valence-corrected chi connectivity index (χ4v) is 13.1. The molecule has 0 radical (unpaired) electrons. The summed E-state index contributed by atoms with van der Waals surface area (Å²) in [4.78, 5) is 24.7. The summed E-state index contributed by atoms with van der Waals surface area (Å²) in [5.74, 6) is -0.00493. The molecule has 0 aromatic carbocycles. The van der Waals surface area contributed by atoms with E-state index in [9.17, 15) is 19.8 Å². The Balaban J connectivity index is 3.28. The fraction of sp³-hybridized carbons (Fsp3) is 0.927. The lowest BCUT2D eigenvalue weighted by Gasteiger charge is -2.22. The maximum absolute atomic E-state index is 12.5. The van der Waals surface area contributed by atoms with Crippen molar-refractivity contribution in [3.05, 3.63) is 24.3 Å². The molecule has 0 saturated heterocycles. The molecular formula is C82H159NO5. The Kier molecular flexibility index (Phi) is 76.3. The normalized spacial score (nSPS) is 12.5. The van der Waals surface area contributed by atoms with E-state index in [2.05, 4.69) is 43.5 Å². The lowest BCUT2D eigenvalue weighted by molar-refractivity contribution is -0.143. The van der Waals surface area contributed by atoms with Crippen molar-refractivity contribution in [1.29, 1.82) is 0 Å². The van der Waals surface area contributed by atoms with Gasteiger partial charge in [-0.1, -0.05) is 417 Å². The SMILES string of the molecule is CCCCC/C=C\C/C=C\CCCCCCCCCCCC(=O)OCCCCCCCCCCCCCCCCCCCCCCCCCCCCCCCCCCCCCCCC(=O)NC(CO)C(O)CCCCCCCCCCCCCCCCC. The number of nitrogens with one attached hydrogen (secondary N) is 1. The van der Waals surface area contributed by atoms with E-state index in [0.29, 0.717) is 25.9 Å². The third-order valence-electron chi connectivity index (χ3n) is 19.3. The molecule has 0 heterocycles. The minimum Gasteiger partial charge on any atom is -0.466 e. The summed E-state index contributed by atoms with van der Waals surface area (Å²) in [5, 5.41) is 23.4. The number of ether oxygens (including phenoxy) is 1. The molecular weight excluding hydrogens is 1080 g/mol. The molecule has 1 amide bonds. The highest BCUT2D eigenvalue weighted by Gasteiger charge is 2.20. The molecule has 2 atom stereocenters. The van der Waals surface area contributed by atoms with Gasteiger partial charge in [-0.25, -0.2) is 0 Å². The van der Waals surface area contributed by atoms with Crippen LogP contribution in [0.15, 0.2) is 24.3 Å². The van der Waals surface area contributed by atoms with Gasteiger partial charge in [0.05, 0.1) is 25.4 Å². The first kappa shape index (κ1) is 86.3. The van der Waals surface area contributed by atoms with E-state index in [4.69, 9.17) is 4.74 Å². The van der Waals surface area contributed by atoms with Gasteiger partial charge in [0.15, 0.2) is 0 Å². The van der Waals surface area contributed by atoms with Crippen LogP contribution in [-0.4, -0.2) is 47.4 Å². The van der Waals surface area contributed by atoms with Gasteiger partial charge in [-0.15, -0.1) is 0 Å². The van der Waals surface area contributed by atoms with Gasteiger partial charge in [0.1, 0.15) is 0 Å². The van der Waals surface area contributed by atoms with Gasteiger partial charge < -0.3 is 20.3 Å². The second-order valence-corrected chi connectivity index (χ2v) is 28.1. The molecule has 0 spiro atoms. The number of carbonyl (C=O) groups is 2. The molecule has 6 nitrogen and oxygen atoms in total. The summed E-state index contributed by atoms with van der Waals surface area (Å²) >= 11 is 0. The van der Waals surface area contributed by atoms with Crippen LogP contribution in [0, 0.1) is 0 Å². The number of esters is 1. The number of unbranched alkanes of at least 4 members (excludes halogenated alkanes) is 62. The molecule has 522 valence electrons. The summed E-state index contributed by atoms with van der Waals surface area (Å²) in [7, 11) is 0. The zero-order valence-corrected chi connectivity index (χ0v) is 60.0. The molecule has 88 heavy (non-hydrogen) atoms. The Bertz CT molecular complexity index is 1380. The van der Waals surface area contributed by atoms with E-state index in [1.54, 1.807) is 0 Å². The Labute approximate surface area is 551 Å². The molecule has 3 N–H and O–H groups in total. The average Bonchev–Trinajstić information content (AvgIpc) is 3.59. The van der Waals surface area contributed by atoms with Crippen molar-refractivity contribution >= 4 is 11.9 Å². The van der Waals surface area contributed by atoms with Crippen molar-refractivity contribution in [2.24, 2.45) is 0 Å². The number of aliphatic hydroxyl groups is 2. The van der Waals surface area contributed by atoms with Crippen LogP contribution in [0.4, 0.5) is 0 Å². The first-order chi connectivity index (χ1) is 43.5. The Hall–Kier alpha value is -1.66. The van der Waals surface area contributed by atoms with E-state index in [0.717, 1.165) is 44.9 Å². The average molecular weight is 1240 g/mol. The van der Waals surface area contributed by atoms with Crippen LogP contribution in [-0.2, 0) is 14.3 Å². The van der Waals surface area contributed by atoms with Crippen LogP contribution in [0.5, 0.6) is 0 Å². The summed E-state index contributed by atoms with van der Waals surface area (Å²) in [5.41, 5.74) is 0. The Morgan fingerprint density at radius 1 is 0.318 bits per heavy atom. The Morgan fingerprint density at radius 2 is 0.568 bits per heavy atom. The van der Waals surface area contributed by atoms with Gasteiger partial charge in [-0.2, -0.15) is 0 Å². The topological polar surface area (TPSA) is 95.9 Å². The number of carbonyl (C=O) groups excluding carboxylic acids is 2. The van der Waals surface area contributed by atoms with E-state index in [1.165, 1.54) is 385 Å². The van der Waals surface area contributed by atoms with Crippen LogP contribution in [0.2, 0.25) is 0 Å². The summed E-state index contributed by atoms with van der Waals surface area (Å²) in [6.07, 6.45) is 100. The van der Waals surface area contributed by atoms with Crippen molar-refractivity contribution in [1.82, 2.24) is 5.32 Å². The minimum atomic E-state index is -0.660. The standard InChI is InChI=1S/C82H159NO5/c1-3-5-7-9-11-13-15-17-19-20-40-44-48-52-56-60-64-68-72-76-82(87)88-77-73-69-65-61-57-53-49-45-42-39-37-35-33-31-29-27-25-23-21-22-24-26-28-30-32-34-36-38-41-43-47-51-55-59-63-67-71-75-81(86)83-79(78-84)80(85)74-70-66-62-58-54-50-46-18-16-14-12-10-8-6-4-2/h11,13,17,19,79-80,84-85H,3-10,12,14-16,18,20-78H2,1-2H3,(H,83,86)/b13-11-,19-17-. The maximum Gasteiger partial charge on any atom is 0.305 e. The number of allylic oxidation sites excluding steroid dienone is 4. The largest absolute Gasteiger partial charge is 0.466 e. The van der Waals surface area contributed by atoms with E-state index in [1.807, 2.05) is 0 Å². The second-order valence-electron chi connectivity index (χ2n) is 28.1. The van der Waals surface area contributed by atoms with E-state index >= 15 is 0 Å². The third-order valence-corrected chi connectivity index (χ3v) is 19.3. The molecule has 0 aromatic rings. The van der Waals surface area contributed by atoms with Crippen molar-refractivity contribution in [3.63, 3.8) is 0 Å². The van der Waals surface area contributed by atoms with Gasteiger partial charge in [-0.05, 0) is 57.8 Å². The molecule has 6 heteroatoms. The van der Waals surface area contributed by atoms with Gasteiger partial charge in [0, 0.05) is 12.8 Å². The van der Waals surface area contributed by atoms with Crippen molar-refractivity contribution in [2.75, 3.05) is 13.2 Å². The summed E-state index contributed by atoms with van der Waals surface area (Å²) in [6.45, 7) is 4.98. The number of amides is 1. The Morgan fingerprint density at radius 3 is 0.886 bits per heavy atom. The van der Waals surface area contributed by atoms with Crippen LogP contribution in [0.3, 0.4) is 0 Å². The van der Waals surface area contributed by atoms with Crippen LogP contribution >= 0.6 is 0 Å². The zero-order chi connectivity index (χ0) is 63.5. The first-order valence-corrected chi connectivity index (χ1v) is 40.6. The number of rotatable bonds is 77. The smallest absolute Gasteiger partial charge is 0.305 e. The van der Waals surface area contributed by atoms with Crippen molar-refractivity contribution in [2.45, 2.75) is 475 Å². The molecule has 0 aliphatic rings. The van der Waals surface area contributed by atoms with Crippen LogP contribution < -0.4 is 5.32 Å². The second kappa shape index (κ2) is 77.8. The first-order valence-electron chi connectivity index (χ1n) is 40.6. The monoisotopic (exact) mass is 1240 g/mol. The predicted octanol–water partition coefficient (Wildman–Crippen LogP) is 26.8.